The molecule has 0 saturated heterocycles. The lowest BCUT2D eigenvalue weighted by atomic mass is 10.2. The van der Waals surface area contributed by atoms with E-state index in [2.05, 4.69) is 14.8 Å². The highest BCUT2D eigenvalue weighted by Gasteiger charge is 2.20. The molecule has 0 fully saturated rings. The Kier molecular flexibility index (Phi) is 4.20. The minimum atomic E-state index is -3.80. The standard InChI is InChI=1S/C18H15FN4O2S2/c1-11-3-8-16(12(2)9-11)27(24,25)22-17-20-18-23(21-17)15(10-26-18)13-4-6-14(19)7-5-13/h3-10H,1-2H3,(H,21,22). The third kappa shape index (κ3) is 3.31. The summed E-state index contributed by atoms with van der Waals surface area (Å²) in [7, 11) is -3.80. The summed E-state index contributed by atoms with van der Waals surface area (Å²) in [5.74, 6) is -0.337. The van der Waals surface area contributed by atoms with Gasteiger partial charge in [-0.3, -0.25) is 0 Å². The highest BCUT2D eigenvalue weighted by molar-refractivity contribution is 7.92. The maximum atomic E-state index is 13.1. The van der Waals surface area contributed by atoms with E-state index in [0.717, 1.165) is 11.1 Å². The maximum Gasteiger partial charge on any atom is 0.264 e. The fourth-order valence-corrected chi connectivity index (χ4v) is 4.82. The smallest absolute Gasteiger partial charge is 0.246 e. The maximum absolute atomic E-state index is 13.1. The topological polar surface area (TPSA) is 76.4 Å². The second kappa shape index (κ2) is 6.43. The molecule has 2 aromatic heterocycles. The zero-order valence-corrected chi connectivity index (χ0v) is 16.1. The van der Waals surface area contributed by atoms with Gasteiger partial charge in [-0.1, -0.05) is 17.7 Å². The lowest BCUT2D eigenvalue weighted by molar-refractivity contribution is 0.600. The van der Waals surface area contributed by atoms with Gasteiger partial charge in [0.25, 0.3) is 16.0 Å². The van der Waals surface area contributed by atoms with Crippen LogP contribution in [0.4, 0.5) is 10.3 Å². The molecule has 0 radical (unpaired) electrons. The van der Waals surface area contributed by atoms with Gasteiger partial charge in [-0.15, -0.1) is 16.4 Å². The summed E-state index contributed by atoms with van der Waals surface area (Å²) in [5.41, 5.74) is 3.10. The first-order valence-electron chi connectivity index (χ1n) is 8.04. The molecular weight excluding hydrogens is 387 g/mol. The Bertz CT molecular complexity index is 1240. The number of aryl methyl sites for hydroxylation is 2. The summed E-state index contributed by atoms with van der Waals surface area (Å²) in [6.07, 6.45) is 0. The quantitative estimate of drug-likeness (QED) is 0.559. The van der Waals surface area contributed by atoms with Crippen molar-refractivity contribution in [2.45, 2.75) is 18.7 Å². The van der Waals surface area contributed by atoms with Crippen molar-refractivity contribution >= 4 is 32.3 Å². The van der Waals surface area contributed by atoms with E-state index in [-0.39, 0.29) is 16.7 Å². The van der Waals surface area contributed by atoms with Crippen molar-refractivity contribution < 1.29 is 12.8 Å². The van der Waals surface area contributed by atoms with Crippen molar-refractivity contribution in [3.63, 3.8) is 0 Å². The Balaban J connectivity index is 1.70. The zero-order chi connectivity index (χ0) is 19.2. The van der Waals surface area contributed by atoms with Crippen molar-refractivity contribution in [3.8, 4) is 11.3 Å². The average Bonchev–Trinajstić information content (AvgIpc) is 3.15. The van der Waals surface area contributed by atoms with Crippen molar-refractivity contribution in [1.82, 2.24) is 14.6 Å². The molecule has 2 heterocycles. The van der Waals surface area contributed by atoms with Crippen LogP contribution in [-0.4, -0.2) is 23.0 Å². The van der Waals surface area contributed by atoms with Gasteiger partial charge in [-0.25, -0.2) is 22.0 Å². The van der Waals surface area contributed by atoms with Crippen LogP contribution in [0.2, 0.25) is 0 Å². The minimum absolute atomic E-state index is 0.00909. The number of halogens is 1. The monoisotopic (exact) mass is 402 g/mol. The van der Waals surface area contributed by atoms with Crippen LogP contribution in [0.15, 0.2) is 52.7 Å². The lowest BCUT2D eigenvalue weighted by Crippen LogP contribution is -2.15. The van der Waals surface area contributed by atoms with E-state index in [9.17, 15) is 12.8 Å². The summed E-state index contributed by atoms with van der Waals surface area (Å²) in [5, 5.41) is 6.10. The highest BCUT2D eigenvalue weighted by Crippen LogP contribution is 2.27. The van der Waals surface area contributed by atoms with Crippen LogP contribution in [0.1, 0.15) is 11.1 Å². The molecule has 4 aromatic rings. The predicted octanol–water partition coefficient (Wildman–Crippen LogP) is 4.01. The summed E-state index contributed by atoms with van der Waals surface area (Å²) in [6.45, 7) is 3.65. The highest BCUT2D eigenvalue weighted by atomic mass is 32.2. The van der Waals surface area contributed by atoms with Crippen LogP contribution >= 0.6 is 11.3 Å². The number of hydrogen-bond donors (Lipinski definition) is 1. The first kappa shape index (κ1) is 17.6. The fourth-order valence-electron chi connectivity index (χ4n) is 2.82. The lowest BCUT2D eigenvalue weighted by Gasteiger charge is -2.08. The van der Waals surface area contributed by atoms with Gasteiger partial charge in [0.2, 0.25) is 4.96 Å². The van der Waals surface area contributed by atoms with Gasteiger partial charge in [0.05, 0.1) is 10.6 Å². The summed E-state index contributed by atoms with van der Waals surface area (Å²) >= 11 is 1.32. The molecular formula is C18H15FN4O2S2. The Hall–Kier alpha value is -2.78. The molecule has 1 N–H and O–H groups in total. The molecule has 0 bridgehead atoms. The van der Waals surface area contributed by atoms with Crippen molar-refractivity contribution in [2.24, 2.45) is 0 Å². The molecule has 0 aliphatic carbocycles. The molecule has 9 heteroatoms. The molecule has 138 valence electrons. The van der Waals surface area contributed by atoms with Crippen LogP contribution in [0.5, 0.6) is 0 Å². The molecule has 27 heavy (non-hydrogen) atoms. The number of sulfonamides is 1. The number of nitrogens with one attached hydrogen (secondary N) is 1. The summed E-state index contributed by atoms with van der Waals surface area (Å²) in [6, 6.07) is 11.1. The second-order valence-corrected chi connectivity index (χ2v) is 8.62. The van der Waals surface area contributed by atoms with E-state index in [4.69, 9.17) is 0 Å². The Morgan fingerprint density at radius 3 is 2.56 bits per heavy atom. The molecule has 0 saturated carbocycles. The van der Waals surface area contributed by atoms with Gasteiger partial charge in [0, 0.05) is 10.9 Å². The zero-order valence-electron chi connectivity index (χ0n) is 14.5. The number of aromatic nitrogens is 3. The van der Waals surface area contributed by atoms with E-state index in [1.807, 2.05) is 12.3 Å². The first-order valence-corrected chi connectivity index (χ1v) is 10.4. The number of thiazole rings is 1. The van der Waals surface area contributed by atoms with Crippen molar-refractivity contribution in [3.05, 3.63) is 64.8 Å². The van der Waals surface area contributed by atoms with Gasteiger partial charge in [0.1, 0.15) is 5.82 Å². The molecule has 4 rings (SSSR count). The van der Waals surface area contributed by atoms with Gasteiger partial charge >= 0.3 is 0 Å². The third-order valence-electron chi connectivity index (χ3n) is 4.07. The van der Waals surface area contributed by atoms with Gasteiger partial charge in [0.15, 0.2) is 0 Å². The average molecular weight is 402 g/mol. The second-order valence-electron chi connectivity index (χ2n) is 6.13. The molecule has 6 nitrogen and oxygen atoms in total. The van der Waals surface area contributed by atoms with Crippen molar-refractivity contribution in [2.75, 3.05) is 4.72 Å². The van der Waals surface area contributed by atoms with Crippen LogP contribution in [0.3, 0.4) is 0 Å². The predicted molar refractivity (Wildman–Crippen MR) is 103 cm³/mol. The number of rotatable bonds is 4. The number of anilines is 1. The normalized spacial score (nSPS) is 11.8. The van der Waals surface area contributed by atoms with Crippen LogP contribution in [-0.2, 0) is 10.0 Å². The Morgan fingerprint density at radius 2 is 1.85 bits per heavy atom. The number of nitrogens with zero attached hydrogens (tertiary/aromatic N) is 3. The van der Waals surface area contributed by atoms with E-state index in [1.165, 1.54) is 28.0 Å². The van der Waals surface area contributed by atoms with E-state index < -0.39 is 10.0 Å². The van der Waals surface area contributed by atoms with E-state index >= 15 is 0 Å². The van der Waals surface area contributed by atoms with E-state index in [0.29, 0.717) is 16.2 Å². The minimum Gasteiger partial charge on any atom is -0.246 e. The third-order valence-corrected chi connectivity index (χ3v) is 6.37. The molecule has 0 aliphatic rings. The molecule has 2 aromatic carbocycles. The van der Waals surface area contributed by atoms with Crippen LogP contribution < -0.4 is 4.72 Å². The van der Waals surface area contributed by atoms with E-state index in [1.54, 1.807) is 37.3 Å². The van der Waals surface area contributed by atoms with Gasteiger partial charge in [-0.2, -0.15) is 4.98 Å². The van der Waals surface area contributed by atoms with Crippen LogP contribution in [0, 0.1) is 19.7 Å². The number of hydrogen-bond acceptors (Lipinski definition) is 5. The number of fused-ring (bicyclic) bond motifs is 1. The molecule has 0 aliphatic heterocycles. The van der Waals surface area contributed by atoms with Crippen LogP contribution in [0.25, 0.3) is 16.2 Å². The first-order chi connectivity index (χ1) is 12.8. The molecule has 0 amide bonds. The van der Waals surface area contributed by atoms with Gasteiger partial charge < -0.3 is 0 Å². The summed E-state index contributed by atoms with van der Waals surface area (Å²) < 4.78 is 42.5. The molecule has 0 atom stereocenters. The Morgan fingerprint density at radius 1 is 1.11 bits per heavy atom. The number of benzene rings is 2. The molecule has 0 unspecified atom stereocenters. The summed E-state index contributed by atoms with van der Waals surface area (Å²) in [4.78, 5) is 4.96. The Labute approximate surface area is 159 Å². The fraction of sp³-hybridized carbons (Fsp3) is 0.111. The molecule has 0 spiro atoms. The SMILES string of the molecule is Cc1ccc(S(=O)(=O)Nc2nc3scc(-c4ccc(F)cc4)n3n2)c(C)c1. The van der Waals surface area contributed by atoms with Crippen molar-refractivity contribution in [1.29, 1.82) is 0 Å². The largest absolute Gasteiger partial charge is 0.264 e. The van der Waals surface area contributed by atoms with Gasteiger partial charge in [-0.05, 0) is 49.7 Å².